The Balaban J connectivity index is 0.00000272. The van der Waals surface area contributed by atoms with Crippen LogP contribution in [0.2, 0.25) is 0 Å². The third-order valence-corrected chi connectivity index (χ3v) is 5.34. The van der Waals surface area contributed by atoms with E-state index in [1.807, 2.05) is 60.8 Å². The fraction of sp³-hybridized carbons (Fsp3) is 0.120. The Hall–Kier alpha value is -3.41. The minimum atomic E-state index is -1.04. The molecular formula is C25H24ClN3O2. The monoisotopic (exact) mass is 433 g/mol. The lowest BCUT2D eigenvalue weighted by molar-refractivity contribution is -0.138. The van der Waals surface area contributed by atoms with E-state index in [0.717, 1.165) is 16.7 Å². The van der Waals surface area contributed by atoms with E-state index < -0.39 is 17.6 Å². The summed E-state index contributed by atoms with van der Waals surface area (Å²) in [5.74, 6) is -1.04. The van der Waals surface area contributed by atoms with E-state index in [4.69, 9.17) is 5.73 Å². The Morgan fingerprint density at radius 1 is 0.871 bits per heavy atom. The normalized spacial score (nSPS) is 12.0. The zero-order valence-corrected chi connectivity index (χ0v) is 17.7. The van der Waals surface area contributed by atoms with Gasteiger partial charge in [-0.2, -0.15) is 0 Å². The number of aliphatic carboxylic acids is 1. The molecule has 3 N–H and O–H groups in total. The number of imidazole rings is 1. The minimum Gasteiger partial charge on any atom is -0.480 e. The average Bonchev–Trinajstić information content (AvgIpc) is 3.25. The third kappa shape index (κ3) is 4.24. The van der Waals surface area contributed by atoms with E-state index in [-0.39, 0.29) is 18.8 Å². The van der Waals surface area contributed by atoms with Gasteiger partial charge in [0.1, 0.15) is 11.6 Å². The summed E-state index contributed by atoms with van der Waals surface area (Å²) in [7, 11) is 0. The van der Waals surface area contributed by atoms with Gasteiger partial charge >= 0.3 is 5.97 Å². The number of nitrogens with zero attached hydrogens (tertiary/aromatic N) is 2. The zero-order chi connectivity index (χ0) is 21.0. The highest BCUT2D eigenvalue weighted by atomic mass is 35.5. The molecule has 4 aromatic rings. The van der Waals surface area contributed by atoms with Crippen LogP contribution in [0.3, 0.4) is 0 Å². The van der Waals surface area contributed by atoms with E-state index in [1.54, 1.807) is 6.33 Å². The Morgan fingerprint density at radius 2 is 1.29 bits per heavy atom. The highest BCUT2D eigenvalue weighted by molar-refractivity contribution is 5.85. The lowest BCUT2D eigenvalue weighted by Crippen LogP contribution is -2.37. The molecule has 4 rings (SSSR count). The maximum absolute atomic E-state index is 11.2. The van der Waals surface area contributed by atoms with Crippen LogP contribution in [0.4, 0.5) is 0 Å². The molecule has 1 heterocycles. The van der Waals surface area contributed by atoms with Crippen molar-refractivity contribution in [2.45, 2.75) is 18.0 Å². The highest BCUT2D eigenvalue weighted by Crippen LogP contribution is 2.40. The van der Waals surface area contributed by atoms with Gasteiger partial charge in [0.05, 0.1) is 12.0 Å². The molecule has 0 saturated carbocycles. The van der Waals surface area contributed by atoms with Crippen LogP contribution >= 0.6 is 12.4 Å². The molecule has 1 aromatic heterocycles. The van der Waals surface area contributed by atoms with Crippen molar-refractivity contribution in [1.29, 1.82) is 0 Å². The summed E-state index contributed by atoms with van der Waals surface area (Å²) in [6.07, 6.45) is 3.82. The number of carboxylic acid groups (broad SMARTS) is 1. The first-order valence-corrected chi connectivity index (χ1v) is 9.80. The SMILES string of the molecule is Cl.N[C@@H](Cc1cn(C(c2ccccc2)(c2ccccc2)c2ccccc2)cn1)C(=O)O. The van der Waals surface area contributed by atoms with Crippen molar-refractivity contribution in [2.75, 3.05) is 0 Å². The summed E-state index contributed by atoms with van der Waals surface area (Å²) in [5.41, 5.74) is 8.96. The predicted molar refractivity (Wildman–Crippen MR) is 123 cm³/mol. The largest absolute Gasteiger partial charge is 0.480 e. The number of carboxylic acids is 1. The first kappa shape index (κ1) is 22.3. The maximum Gasteiger partial charge on any atom is 0.320 e. The van der Waals surface area contributed by atoms with E-state index in [9.17, 15) is 9.90 Å². The molecule has 0 fully saturated rings. The molecule has 5 nitrogen and oxygen atoms in total. The van der Waals surface area contributed by atoms with Gasteiger partial charge in [-0.1, -0.05) is 91.0 Å². The zero-order valence-electron chi connectivity index (χ0n) is 16.8. The molecular weight excluding hydrogens is 410 g/mol. The van der Waals surface area contributed by atoms with Crippen LogP contribution in [-0.2, 0) is 16.8 Å². The lowest BCUT2D eigenvalue weighted by atomic mass is 9.77. The number of hydrogen-bond donors (Lipinski definition) is 2. The quantitative estimate of drug-likeness (QED) is 0.430. The summed E-state index contributed by atoms with van der Waals surface area (Å²) in [4.78, 5) is 15.7. The third-order valence-electron chi connectivity index (χ3n) is 5.34. The first-order valence-electron chi connectivity index (χ1n) is 9.80. The van der Waals surface area contributed by atoms with Crippen molar-refractivity contribution in [3.05, 3.63) is 126 Å². The number of hydrogen-bond acceptors (Lipinski definition) is 3. The molecule has 1 atom stereocenters. The van der Waals surface area contributed by atoms with Crippen molar-refractivity contribution < 1.29 is 9.90 Å². The Bertz CT molecular complexity index is 1020. The van der Waals surface area contributed by atoms with Crippen LogP contribution in [0.5, 0.6) is 0 Å². The number of rotatable bonds is 7. The van der Waals surface area contributed by atoms with Gasteiger partial charge in [0.15, 0.2) is 0 Å². The van der Waals surface area contributed by atoms with Gasteiger partial charge in [-0.3, -0.25) is 4.79 Å². The Labute approximate surface area is 187 Å². The van der Waals surface area contributed by atoms with Crippen molar-refractivity contribution in [3.8, 4) is 0 Å². The molecule has 158 valence electrons. The van der Waals surface area contributed by atoms with Gasteiger partial charge in [0.25, 0.3) is 0 Å². The van der Waals surface area contributed by atoms with Crippen molar-refractivity contribution in [2.24, 2.45) is 5.73 Å². The van der Waals surface area contributed by atoms with E-state index >= 15 is 0 Å². The van der Waals surface area contributed by atoms with Gasteiger partial charge in [-0.05, 0) is 16.7 Å². The molecule has 3 aromatic carbocycles. The highest BCUT2D eigenvalue weighted by Gasteiger charge is 2.38. The fourth-order valence-electron chi connectivity index (χ4n) is 3.95. The number of aromatic nitrogens is 2. The molecule has 31 heavy (non-hydrogen) atoms. The Kier molecular flexibility index (Phi) is 6.90. The number of nitrogens with two attached hydrogens (primary N) is 1. The van der Waals surface area contributed by atoms with Crippen molar-refractivity contribution >= 4 is 18.4 Å². The second-order valence-corrected chi connectivity index (χ2v) is 7.23. The van der Waals surface area contributed by atoms with Gasteiger partial charge < -0.3 is 15.4 Å². The van der Waals surface area contributed by atoms with E-state index in [1.165, 1.54) is 0 Å². The van der Waals surface area contributed by atoms with Crippen LogP contribution in [-0.4, -0.2) is 26.7 Å². The number of benzene rings is 3. The maximum atomic E-state index is 11.2. The van der Waals surface area contributed by atoms with E-state index in [0.29, 0.717) is 5.69 Å². The summed E-state index contributed by atoms with van der Waals surface area (Å²) >= 11 is 0. The molecule has 6 heteroatoms. The van der Waals surface area contributed by atoms with Crippen molar-refractivity contribution in [1.82, 2.24) is 9.55 Å². The molecule has 0 bridgehead atoms. The van der Waals surface area contributed by atoms with Crippen molar-refractivity contribution in [3.63, 3.8) is 0 Å². The van der Waals surface area contributed by atoms with Gasteiger partial charge in [0.2, 0.25) is 0 Å². The second-order valence-electron chi connectivity index (χ2n) is 7.23. The second kappa shape index (κ2) is 9.60. The van der Waals surface area contributed by atoms with Crippen LogP contribution in [0.25, 0.3) is 0 Å². The van der Waals surface area contributed by atoms with Gasteiger partial charge in [-0.25, -0.2) is 4.98 Å². The van der Waals surface area contributed by atoms with E-state index in [2.05, 4.69) is 45.9 Å². The summed E-state index contributed by atoms with van der Waals surface area (Å²) in [6, 6.07) is 29.7. The summed E-state index contributed by atoms with van der Waals surface area (Å²) in [6.45, 7) is 0. The van der Waals surface area contributed by atoms with Crippen LogP contribution in [0.15, 0.2) is 104 Å². The van der Waals surface area contributed by atoms with Crippen LogP contribution in [0, 0.1) is 0 Å². The summed E-state index contributed by atoms with van der Waals surface area (Å²) in [5, 5.41) is 9.18. The minimum absolute atomic E-state index is 0. The topological polar surface area (TPSA) is 81.1 Å². The van der Waals surface area contributed by atoms with Gasteiger partial charge in [0, 0.05) is 12.6 Å². The molecule has 0 saturated heterocycles. The fourth-order valence-corrected chi connectivity index (χ4v) is 3.95. The molecule has 0 aliphatic heterocycles. The molecule has 0 spiro atoms. The number of halogens is 1. The smallest absolute Gasteiger partial charge is 0.320 e. The molecule has 0 aliphatic carbocycles. The predicted octanol–water partition coefficient (Wildman–Crippen LogP) is 4.10. The molecule has 0 amide bonds. The van der Waals surface area contributed by atoms with Gasteiger partial charge in [-0.15, -0.1) is 12.4 Å². The summed E-state index contributed by atoms with van der Waals surface area (Å²) < 4.78 is 2.05. The Morgan fingerprint density at radius 3 is 1.68 bits per heavy atom. The van der Waals surface area contributed by atoms with Crippen LogP contribution < -0.4 is 5.73 Å². The average molecular weight is 434 g/mol. The lowest BCUT2D eigenvalue weighted by Gasteiger charge is -2.37. The standard InChI is InChI=1S/C25H23N3O2.ClH/c26-23(24(29)30)16-22-17-28(18-27-22)25(19-10-4-1-5-11-19,20-12-6-2-7-13-20)21-14-8-3-9-15-21;/h1-15,17-18,23H,16,26H2,(H,29,30);1H/t23-;/m0./s1. The number of carbonyl (C=O) groups is 1. The molecule has 0 unspecified atom stereocenters. The molecule has 0 radical (unpaired) electrons. The first-order chi connectivity index (χ1) is 14.6. The van der Waals surface area contributed by atoms with Crippen LogP contribution in [0.1, 0.15) is 22.4 Å². The molecule has 0 aliphatic rings.